The van der Waals surface area contributed by atoms with Crippen LogP contribution in [0.5, 0.6) is 11.5 Å². The number of rotatable bonds is 4. The molecule has 0 aliphatic carbocycles. The smallest absolute Gasteiger partial charge is 0.206 e. The first-order valence-electron chi connectivity index (χ1n) is 10.5. The van der Waals surface area contributed by atoms with Crippen molar-refractivity contribution in [2.24, 2.45) is 0 Å². The van der Waals surface area contributed by atoms with E-state index < -0.39 is 9.84 Å². The molecule has 1 aromatic heterocycles. The maximum absolute atomic E-state index is 12.8. The average molecular weight is 500 g/mol. The number of thiazole rings is 1. The van der Waals surface area contributed by atoms with Gasteiger partial charge in [-0.25, -0.2) is 13.4 Å². The van der Waals surface area contributed by atoms with E-state index in [-0.39, 0.29) is 9.79 Å². The molecule has 1 aliphatic heterocycles. The Bertz CT molecular complexity index is 1610. The van der Waals surface area contributed by atoms with E-state index in [1.54, 1.807) is 54.2 Å². The molecule has 0 atom stereocenters. The van der Waals surface area contributed by atoms with Crippen LogP contribution in [0.15, 0.2) is 122 Å². The summed E-state index contributed by atoms with van der Waals surface area (Å²) in [4.78, 5) is 7.52. The van der Waals surface area contributed by atoms with Crippen LogP contribution in [0.25, 0.3) is 21.8 Å². The number of hydrogen-bond donors (Lipinski definition) is 0. The van der Waals surface area contributed by atoms with Crippen LogP contribution in [0.4, 0.5) is 0 Å². The quantitative estimate of drug-likeness (QED) is 0.250. The Hall–Kier alpha value is -3.39. The monoisotopic (exact) mass is 499 g/mol. The average Bonchev–Trinajstić information content (AvgIpc) is 3.38. The van der Waals surface area contributed by atoms with Gasteiger partial charge in [0.05, 0.1) is 25.3 Å². The molecule has 7 heteroatoms. The van der Waals surface area contributed by atoms with Gasteiger partial charge < -0.3 is 4.74 Å². The standard InChI is InChI=1S/C27H17NO3S3/c29-34(30,20-6-2-1-3-7-20)21-13-10-18(11-14-21)27-28-22(17-32-27)19-12-15-24-26(16-19)33-25-9-5-4-8-23(25)31-24/h1-17H. The van der Waals surface area contributed by atoms with Crippen LogP contribution in [0, 0.1) is 0 Å². The fourth-order valence-corrected chi connectivity index (χ4v) is 6.85. The van der Waals surface area contributed by atoms with Crippen molar-refractivity contribution < 1.29 is 13.2 Å². The summed E-state index contributed by atoms with van der Waals surface area (Å²) >= 11 is 3.22. The summed E-state index contributed by atoms with van der Waals surface area (Å²) < 4.78 is 31.7. The summed E-state index contributed by atoms with van der Waals surface area (Å²) in [6.45, 7) is 0. The zero-order chi connectivity index (χ0) is 23.1. The van der Waals surface area contributed by atoms with Crippen molar-refractivity contribution in [1.29, 1.82) is 0 Å². The lowest BCUT2D eigenvalue weighted by Gasteiger charge is -2.19. The molecule has 6 rings (SSSR count). The van der Waals surface area contributed by atoms with Crippen LogP contribution >= 0.6 is 23.1 Å². The molecule has 34 heavy (non-hydrogen) atoms. The van der Waals surface area contributed by atoms with Crippen molar-refractivity contribution in [1.82, 2.24) is 4.98 Å². The predicted octanol–water partition coefficient (Wildman–Crippen LogP) is 7.57. The van der Waals surface area contributed by atoms with Gasteiger partial charge in [-0.3, -0.25) is 0 Å². The molecule has 2 heterocycles. The van der Waals surface area contributed by atoms with Crippen molar-refractivity contribution in [2.75, 3.05) is 0 Å². The summed E-state index contributed by atoms with van der Waals surface area (Å²) in [5.41, 5.74) is 2.77. The lowest BCUT2D eigenvalue weighted by molar-refractivity contribution is 0.454. The normalized spacial score (nSPS) is 12.5. The van der Waals surface area contributed by atoms with Crippen molar-refractivity contribution in [3.05, 3.63) is 102 Å². The van der Waals surface area contributed by atoms with Crippen LogP contribution in [0.2, 0.25) is 0 Å². The van der Waals surface area contributed by atoms with E-state index in [0.717, 1.165) is 43.1 Å². The molecule has 166 valence electrons. The Morgan fingerprint density at radius 2 is 1.35 bits per heavy atom. The highest BCUT2D eigenvalue weighted by atomic mass is 32.2. The van der Waals surface area contributed by atoms with Gasteiger partial charge in [-0.1, -0.05) is 54.2 Å². The molecule has 0 saturated carbocycles. The van der Waals surface area contributed by atoms with Gasteiger partial charge in [-0.15, -0.1) is 11.3 Å². The van der Waals surface area contributed by atoms with Crippen LogP contribution in [0.1, 0.15) is 0 Å². The molecule has 0 N–H and O–H groups in total. The first-order valence-corrected chi connectivity index (χ1v) is 13.7. The molecular formula is C27H17NO3S3. The topological polar surface area (TPSA) is 56.3 Å². The number of para-hydroxylation sites is 1. The van der Waals surface area contributed by atoms with Gasteiger partial charge in [0.2, 0.25) is 9.84 Å². The van der Waals surface area contributed by atoms with Crippen LogP contribution in [0.3, 0.4) is 0 Å². The second-order valence-corrected chi connectivity index (χ2v) is 11.6. The molecular weight excluding hydrogens is 483 g/mol. The number of hydrogen-bond acceptors (Lipinski definition) is 6. The van der Waals surface area contributed by atoms with Crippen molar-refractivity contribution >= 4 is 32.9 Å². The van der Waals surface area contributed by atoms with Crippen molar-refractivity contribution in [3.63, 3.8) is 0 Å². The minimum atomic E-state index is -3.54. The number of nitrogens with zero attached hydrogens (tertiary/aromatic N) is 1. The maximum atomic E-state index is 12.8. The molecule has 4 nitrogen and oxygen atoms in total. The Morgan fingerprint density at radius 1 is 0.676 bits per heavy atom. The minimum absolute atomic E-state index is 0.270. The van der Waals surface area contributed by atoms with Gasteiger partial charge in [-0.2, -0.15) is 0 Å². The van der Waals surface area contributed by atoms with Gasteiger partial charge in [-0.05, 0) is 54.6 Å². The Labute approximate surface area is 205 Å². The Kier molecular flexibility index (Phi) is 5.25. The van der Waals surface area contributed by atoms with Gasteiger partial charge >= 0.3 is 0 Å². The number of aromatic nitrogens is 1. The van der Waals surface area contributed by atoms with Crippen molar-refractivity contribution in [3.8, 4) is 33.3 Å². The van der Waals surface area contributed by atoms with Crippen LogP contribution < -0.4 is 4.74 Å². The molecule has 5 aromatic rings. The van der Waals surface area contributed by atoms with Crippen LogP contribution in [-0.2, 0) is 9.84 Å². The van der Waals surface area contributed by atoms with E-state index in [4.69, 9.17) is 9.72 Å². The van der Waals surface area contributed by atoms with E-state index in [2.05, 4.69) is 12.1 Å². The lowest BCUT2D eigenvalue weighted by Crippen LogP contribution is -2.01. The summed E-state index contributed by atoms with van der Waals surface area (Å²) in [5.74, 6) is 1.72. The lowest BCUT2D eigenvalue weighted by atomic mass is 10.1. The minimum Gasteiger partial charge on any atom is -0.455 e. The highest BCUT2D eigenvalue weighted by molar-refractivity contribution is 7.99. The second-order valence-electron chi connectivity index (χ2n) is 7.69. The summed E-state index contributed by atoms with van der Waals surface area (Å²) in [6, 6.07) is 29.5. The first kappa shape index (κ1) is 21.2. The highest BCUT2D eigenvalue weighted by Gasteiger charge is 2.20. The zero-order valence-electron chi connectivity index (χ0n) is 17.7. The molecule has 0 saturated heterocycles. The summed E-state index contributed by atoms with van der Waals surface area (Å²) in [5, 5.41) is 2.86. The highest BCUT2D eigenvalue weighted by Crippen LogP contribution is 2.48. The number of fused-ring (bicyclic) bond motifs is 2. The van der Waals surface area contributed by atoms with E-state index in [1.807, 2.05) is 47.8 Å². The third kappa shape index (κ3) is 3.81. The fourth-order valence-electron chi connectivity index (χ4n) is 3.74. The number of ether oxygens (including phenoxy) is 1. The van der Waals surface area contributed by atoms with Gasteiger partial charge in [0.15, 0.2) is 0 Å². The summed E-state index contributed by atoms with van der Waals surface area (Å²) in [6.07, 6.45) is 0. The van der Waals surface area contributed by atoms with Gasteiger partial charge in [0.1, 0.15) is 16.5 Å². The molecule has 0 amide bonds. The summed E-state index contributed by atoms with van der Waals surface area (Å²) in [7, 11) is -3.54. The fraction of sp³-hybridized carbons (Fsp3) is 0. The van der Waals surface area contributed by atoms with Gasteiger partial charge in [0, 0.05) is 16.5 Å². The molecule has 0 fully saturated rings. The second kappa shape index (κ2) is 8.43. The van der Waals surface area contributed by atoms with E-state index in [0.29, 0.717) is 0 Å². The first-order chi connectivity index (χ1) is 16.6. The number of benzene rings is 4. The van der Waals surface area contributed by atoms with E-state index in [9.17, 15) is 8.42 Å². The maximum Gasteiger partial charge on any atom is 0.206 e. The van der Waals surface area contributed by atoms with Crippen molar-refractivity contribution in [2.45, 2.75) is 19.6 Å². The molecule has 0 spiro atoms. The predicted molar refractivity (Wildman–Crippen MR) is 136 cm³/mol. The third-order valence-electron chi connectivity index (χ3n) is 5.50. The van der Waals surface area contributed by atoms with Gasteiger partial charge in [0.25, 0.3) is 0 Å². The van der Waals surface area contributed by atoms with E-state index >= 15 is 0 Å². The molecule has 1 aliphatic rings. The molecule has 4 aromatic carbocycles. The largest absolute Gasteiger partial charge is 0.455 e. The van der Waals surface area contributed by atoms with E-state index in [1.165, 1.54) is 11.3 Å². The molecule has 0 unspecified atom stereocenters. The Morgan fingerprint density at radius 3 is 2.18 bits per heavy atom. The zero-order valence-corrected chi connectivity index (χ0v) is 20.2. The molecule has 0 bridgehead atoms. The third-order valence-corrected chi connectivity index (χ3v) is 9.27. The SMILES string of the molecule is O=S(=O)(c1ccccc1)c1ccc(-c2nc(-c3ccc4c(c3)Sc3ccccc3O4)cs2)cc1. The molecule has 0 radical (unpaired) electrons. The Balaban J connectivity index is 1.26. The number of sulfone groups is 1. The van der Waals surface area contributed by atoms with Crippen LogP contribution in [-0.4, -0.2) is 13.4 Å².